The van der Waals surface area contributed by atoms with Crippen molar-refractivity contribution in [1.82, 2.24) is 0 Å². The van der Waals surface area contributed by atoms with Crippen LogP contribution in [0.4, 0.5) is 22.0 Å². The molecule has 0 aromatic heterocycles. The molecule has 0 spiro atoms. The van der Waals surface area contributed by atoms with Crippen molar-refractivity contribution in [2.24, 2.45) is 0 Å². The van der Waals surface area contributed by atoms with Gasteiger partial charge in [0.05, 0.1) is 12.0 Å². The molecule has 6 heteroatoms. The van der Waals surface area contributed by atoms with Gasteiger partial charge in [0, 0.05) is 18.6 Å². The first-order valence-electron chi connectivity index (χ1n) is 11.5. The molecule has 2 unspecified atom stereocenters. The van der Waals surface area contributed by atoms with Gasteiger partial charge < -0.3 is 4.74 Å². The number of hydrogen-bond donors (Lipinski definition) is 0. The van der Waals surface area contributed by atoms with E-state index in [0.29, 0.717) is 25.0 Å². The molecule has 2 aromatic rings. The van der Waals surface area contributed by atoms with Crippen LogP contribution in [0.15, 0.2) is 30.3 Å². The van der Waals surface area contributed by atoms with Gasteiger partial charge in [-0.2, -0.15) is 0 Å². The van der Waals surface area contributed by atoms with Gasteiger partial charge in [-0.1, -0.05) is 51.0 Å². The number of ether oxygens (including phenoxy) is 1. The smallest absolute Gasteiger partial charge is 0.257 e. The van der Waals surface area contributed by atoms with Crippen LogP contribution >= 0.6 is 0 Å². The first-order chi connectivity index (χ1) is 15.3. The standard InChI is InChI=1S/C26H31F5O/c1-3-5-7-17-8-9-18(15-23(17)27)20-11-12-21(25(29)24(20)28)22-13-10-19(16-26(22,30)31)32-14-6-4-2/h8-9,11-12,15,19,22H,3-7,10,13-14,16H2,1-2H3. The van der Waals surface area contributed by atoms with E-state index in [-0.39, 0.29) is 23.1 Å². The molecule has 0 amide bonds. The topological polar surface area (TPSA) is 9.23 Å². The van der Waals surface area contributed by atoms with Crippen molar-refractivity contribution in [2.45, 2.75) is 83.2 Å². The Morgan fingerprint density at radius 1 is 0.938 bits per heavy atom. The summed E-state index contributed by atoms with van der Waals surface area (Å²) in [6, 6.07) is 6.77. The van der Waals surface area contributed by atoms with E-state index >= 15 is 0 Å². The summed E-state index contributed by atoms with van der Waals surface area (Å²) in [5.41, 5.74) is 0.242. The molecule has 1 aliphatic rings. The Morgan fingerprint density at radius 3 is 2.34 bits per heavy atom. The number of aryl methyl sites for hydroxylation is 1. The highest BCUT2D eigenvalue weighted by Gasteiger charge is 2.47. The van der Waals surface area contributed by atoms with Gasteiger partial charge >= 0.3 is 0 Å². The maximum atomic E-state index is 14.9. The third-order valence-corrected chi connectivity index (χ3v) is 6.29. The minimum absolute atomic E-state index is 0.0141. The van der Waals surface area contributed by atoms with Gasteiger partial charge in [0.25, 0.3) is 5.92 Å². The van der Waals surface area contributed by atoms with Crippen molar-refractivity contribution in [1.29, 1.82) is 0 Å². The average molecular weight is 455 g/mol. The second-order valence-electron chi connectivity index (χ2n) is 8.68. The van der Waals surface area contributed by atoms with Crippen LogP contribution in [0.3, 0.4) is 0 Å². The number of alkyl halides is 2. The molecular weight excluding hydrogens is 423 g/mol. The monoisotopic (exact) mass is 454 g/mol. The summed E-state index contributed by atoms with van der Waals surface area (Å²) in [5, 5.41) is 0. The van der Waals surface area contributed by atoms with Crippen LogP contribution < -0.4 is 0 Å². The van der Waals surface area contributed by atoms with E-state index in [9.17, 15) is 22.0 Å². The molecular formula is C26H31F5O. The average Bonchev–Trinajstić information content (AvgIpc) is 2.75. The van der Waals surface area contributed by atoms with Crippen molar-refractivity contribution in [3.8, 4) is 11.1 Å². The van der Waals surface area contributed by atoms with Gasteiger partial charge in [0.1, 0.15) is 5.82 Å². The Hall–Kier alpha value is -1.95. The highest BCUT2D eigenvalue weighted by Crippen LogP contribution is 2.47. The van der Waals surface area contributed by atoms with Crippen LogP contribution in [-0.2, 0) is 11.2 Å². The molecule has 2 atom stereocenters. The van der Waals surface area contributed by atoms with E-state index in [1.54, 1.807) is 12.1 Å². The van der Waals surface area contributed by atoms with E-state index in [2.05, 4.69) is 0 Å². The second-order valence-corrected chi connectivity index (χ2v) is 8.68. The normalized spacial score (nSPS) is 20.5. The summed E-state index contributed by atoms with van der Waals surface area (Å²) in [4.78, 5) is 0. The van der Waals surface area contributed by atoms with E-state index in [1.165, 1.54) is 18.2 Å². The van der Waals surface area contributed by atoms with E-state index in [0.717, 1.165) is 25.7 Å². The summed E-state index contributed by atoms with van der Waals surface area (Å²) in [7, 11) is 0. The highest BCUT2D eigenvalue weighted by molar-refractivity contribution is 5.65. The molecule has 176 valence electrons. The lowest BCUT2D eigenvalue weighted by molar-refractivity contribution is -0.112. The second kappa shape index (κ2) is 10.8. The number of halogens is 5. The molecule has 0 bridgehead atoms. The van der Waals surface area contributed by atoms with Crippen LogP contribution in [0.2, 0.25) is 0 Å². The van der Waals surface area contributed by atoms with Gasteiger partial charge in [-0.15, -0.1) is 0 Å². The van der Waals surface area contributed by atoms with Crippen molar-refractivity contribution < 1.29 is 26.7 Å². The summed E-state index contributed by atoms with van der Waals surface area (Å²) >= 11 is 0. The molecule has 0 N–H and O–H groups in total. The lowest BCUT2D eigenvalue weighted by atomic mass is 9.79. The van der Waals surface area contributed by atoms with Gasteiger partial charge in [-0.05, 0) is 54.9 Å². The first-order valence-corrected chi connectivity index (χ1v) is 11.5. The minimum Gasteiger partial charge on any atom is -0.378 e. The fourth-order valence-electron chi connectivity index (χ4n) is 4.37. The Bertz CT molecular complexity index is 911. The third-order valence-electron chi connectivity index (χ3n) is 6.29. The SMILES string of the molecule is CCCCOC1CCC(c2ccc(-c3ccc(CCCC)c(F)c3)c(F)c2F)C(F)(F)C1. The molecule has 1 fully saturated rings. The zero-order valence-electron chi connectivity index (χ0n) is 18.7. The molecule has 3 rings (SSSR count). The van der Waals surface area contributed by atoms with Gasteiger partial charge in [-0.3, -0.25) is 0 Å². The van der Waals surface area contributed by atoms with Crippen molar-refractivity contribution in [3.63, 3.8) is 0 Å². The molecule has 0 aliphatic heterocycles. The number of rotatable bonds is 9. The van der Waals surface area contributed by atoms with E-state index < -0.39 is 41.8 Å². The molecule has 1 aliphatic carbocycles. The third kappa shape index (κ3) is 5.51. The maximum absolute atomic E-state index is 14.9. The van der Waals surface area contributed by atoms with Gasteiger partial charge in [0.15, 0.2) is 11.6 Å². The molecule has 1 saturated carbocycles. The summed E-state index contributed by atoms with van der Waals surface area (Å²) in [5.74, 6) is -7.59. The Kier molecular flexibility index (Phi) is 8.32. The molecule has 0 saturated heterocycles. The van der Waals surface area contributed by atoms with Gasteiger partial charge in [0.2, 0.25) is 0 Å². The minimum atomic E-state index is -3.20. The molecule has 0 radical (unpaired) electrons. The number of unbranched alkanes of at least 4 members (excludes halogenated alkanes) is 2. The summed E-state index contributed by atoms with van der Waals surface area (Å²) in [6.07, 6.45) is 3.33. The predicted octanol–water partition coefficient (Wildman–Crippen LogP) is 8.20. The van der Waals surface area contributed by atoms with Crippen LogP contribution in [0.5, 0.6) is 0 Å². The first kappa shape index (κ1) is 24.7. The van der Waals surface area contributed by atoms with Crippen molar-refractivity contribution in [3.05, 3.63) is 58.9 Å². The van der Waals surface area contributed by atoms with E-state index in [4.69, 9.17) is 4.74 Å². The lowest BCUT2D eigenvalue weighted by Gasteiger charge is -2.36. The Labute approximate surface area is 187 Å². The summed E-state index contributed by atoms with van der Waals surface area (Å²) in [6.45, 7) is 4.42. The fraction of sp³-hybridized carbons (Fsp3) is 0.538. The lowest BCUT2D eigenvalue weighted by Crippen LogP contribution is -2.38. The molecule has 32 heavy (non-hydrogen) atoms. The summed E-state index contributed by atoms with van der Waals surface area (Å²) < 4.78 is 79.4. The fourth-order valence-corrected chi connectivity index (χ4v) is 4.37. The quantitative estimate of drug-likeness (QED) is 0.274. The zero-order chi connectivity index (χ0) is 23.3. The molecule has 0 heterocycles. The predicted molar refractivity (Wildman–Crippen MR) is 117 cm³/mol. The zero-order valence-corrected chi connectivity index (χ0v) is 18.7. The van der Waals surface area contributed by atoms with Crippen LogP contribution in [-0.4, -0.2) is 18.6 Å². The van der Waals surface area contributed by atoms with Crippen LogP contribution in [0, 0.1) is 17.5 Å². The number of hydrogen-bond acceptors (Lipinski definition) is 1. The largest absolute Gasteiger partial charge is 0.378 e. The highest BCUT2D eigenvalue weighted by atomic mass is 19.3. The van der Waals surface area contributed by atoms with Crippen LogP contribution in [0.25, 0.3) is 11.1 Å². The van der Waals surface area contributed by atoms with Gasteiger partial charge in [-0.25, -0.2) is 22.0 Å². The number of benzene rings is 2. The molecule has 1 nitrogen and oxygen atoms in total. The Balaban J connectivity index is 1.81. The van der Waals surface area contributed by atoms with Crippen molar-refractivity contribution >= 4 is 0 Å². The molecule has 2 aromatic carbocycles. The maximum Gasteiger partial charge on any atom is 0.257 e. The van der Waals surface area contributed by atoms with Crippen molar-refractivity contribution in [2.75, 3.05) is 6.61 Å². The van der Waals surface area contributed by atoms with E-state index in [1.807, 2.05) is 13.8 Å². The Morgan fingerprint density at radius 2 is 1.69 bits per heavy atom. The van der Waals surface area contributed by atoms with Crippen LogP contribution in [0.1, 0.15) is 75.8 Å².